The summed E-state index contributed by atoms with van der Waals surface area (Å²) < 4.78 is 13.8. The molecule has 0 saturated carbocycles. The highest BCUT2D eigenvalue weighted by Gasteiger charge is 2.24. The summed E-state index contributed by atoms with van der Waals surface area (Å²) in [5.41, 5.74) is 7.86. The maximum absolute atomic E-state index is 12.9. The SMILES string of the molecule is Nc1nc2ccc(C(=O)N3CCN(C(=O)/C=C/c4ccc(F)cc4)CC3)cc2s1. The van der Waals surface area contributed by atoms with Crippen LogP contribution in [0.1, 0.15) is 15.9 Å². The number of anilines is 1. The summed E-state index contributed by atoms with van der Waals surface area (Å²) in [5.74, 6) is -0.497. The van der Waals surface area contributed by atoms with E-state index in [1.807, 2.05) is 6.07 Å². The maximum atomic E-state index is 12.9. The molecule has 4 rings (SSSR count). The zero-order valence-corrected chi connectivity index (χ0v) is 16.4. The van der Waals surface area contributed by atoms with Crippen LogP contribution < -0.4 is 5.73 Å². The highest BCUT2D eigenvalue weighted by molar-refractivity contribution is 7.22. The fourth-order valence-corrected chi connectivity index (χ4v) is 4.01. The third kappa shape index (κ3) is 4.27. The van der Waals surface area contributed by atoms with Gasteiger partial charge in [0.15, 0.2) is 5.13 Å². The van der Waals surface area contributed by atoms with Crippen molar-refractivity contribution in [3.8, 4) is 0 Å². The molecule has 0 unspecified atom stereocenters. The number of carbonyl (C=O) groups excluding carboxylic acids is 2. The molecule has 0 bridgehead atoms. The van der Waals surface area contributed by atoms with Crippen LogP contribution in [0.15, 0.2) is 48.5 Å². The number of nitrogens with two attached hydrogens (primary N) is 1. The van der Waals surface area contributed by atoms with Gasteiger partial charge in [0.2, 0.25) is 5.91 Å². The van der Waals surface area contributed by atoms with Gasteiger partial charge in [0.05, 0.1) is 10.2 Å². The van der Waals surface area contributed by atoms with Gasteiger partial charge in [-0.2, -0.15) is 0 Å². The minimum absolute atomic E-state index is 0.0622. The lowest BCUT2D eigenvalue weighted by Gasteiger charge is -2.34. The van der Waals surface area contributed by atoms with Crippen molar-refractivity contribution in [2.45, 2.75) is 0 Å². The lowest BCUT2D eigenvalue weighted by molar-refractivity contribution is -0.127. The first-order valence-electron chi connectivity index (χ1n) is 9.17. The molecule has 1 aliphatic rings. The maximum Gasteiger partial charge on any atom is 0.254 e. The van der Waals surface area contributed by atoms with Crippen LogP contribution in [0.4, 0.5) is 9.52 Å². The number of piperazine rings is 1. The molecule has 1 aromatic heterocycles. The van der Waals surface area contributed by atoms with Crippen molar-refractivity contribution in [2.24, 2.45) is 0 Å². The van der Waals surface area contributed by atoms with Gasteiger partial charge in [-0.3, -0.25) is 9.59 Å². The Morgan fingerprint density at radius 1 is 1.03 bits per heavy atom. The van der Waals surface area contributed by atoms with Gasteiger partial charge in [-0.05, 0) is 42.0 Å². The number of nitrogens with zero attached hydrogens (tertiary/aromatic N) is 3. The van der Waals surface area contributed by atoms with Crippen molar-refractivity contribution in [3.63, 3.8) is 0 Å². The summed E-state index contributed by atoms with van der Waals surface area (Å²) in [4.78, 5) is 32.8. The summed E-state index contributed by atoms with van der Waals surface area (Å²) in [6, 6.07) is 11.3. The Morgan fingerprint density at radius 2 is 1.72 bits per heavy atom. The van der Waals surface area contributed by atoms with E-state index in [0.717, 1.165) is 15.8 Å². The number of aromatic nitrogens is 1. The number of amides is 2. The van der Waals surface area contributed by atoms with Gasteiger partial charge in [0.25, 0.3) is 5.91 Å². The van der Waals surface area contributed by atoms with Gasteiger partial charge in [0, 0.05) is 37.8 Å². The number of hydrogen-bond acceptors (Lipinski definition) is 5. The van der Waals surface area contributed by atoms with Crippen LogP contribution in [-0.2, 0) is 4.79 Å². The zero-order valence-electron chi connectivity index (χ0n) is 15.5. The molecule has 2 heterocycles. The first-order chi connectivity index (χ1) is 14.0. The number of halogens is 1. The van der Waals surface area contributed by atoms with E-state index in [1.165, 1.54) is 29.5 Å². The number of hydrogen-bond donors (Lipinski definition) is 1. The second kappa shape index (κ2) is 8.00. The molecule has 6 nitrogen and oxygen atoms in total. The molecule has 1 fully saturated rings. The van der Waals surface area contributed by atoms with Gasteiger partial charge in [0.1, 0.15) is 5.82 Å². The Morgan fingerprint density at radius 3 is 2.45 bits per heavy atom. The summed E-state index contributed by atoms with van der Waals surface area (Å²) in [6.45, 7) is 1.87. The number of carbonyl (C=O) groups is 2. The summed E-state index contributed by atoms with van der Waals surface area (Å²) in [7, 11) is 0. The molecule has 1 aliphatic heterocycles. The average Bonchev–Trinajstić information content (AvgIpc) is 3.12. The van der Waals surface area contributed by atoms with Gasteiger partial charge in [-0.25, -0.2) is 9.37 Å². The highest BCUT2D eigenvalue weighted by atomic mass is 32.1. The van der Waals surface area contributed by atoms with Crippen molar-refractivity contribution >= 4 is 44.6 Å². The van der Waals surface area contributed by atoms with E-state index in [4.69, 9.17) is 5.73 Å². The minimum Gasteiger partial charge on any atom is -0.375 e. The van der Waals surface area contributed by atoms with E-state index in [9.17, 15) is 14.0 Å². The van der Waals surface area contributed by atoms with Gasteiger partial charge in [-0.15, -0.1) is 0 Å². The van der Waals surface area contributed by atoms with Crippen molar-refractivity contribution < 1.29 is 14.0 Å². The zero-order chi connectivity index (χ0) is 20.4. The van der Waals surface area contributed by atoms with Gasteiger partial charge >= 0.3 is 0 Å². The van der Waals surface area contributed by atoms with Crippen LogP contribution in [0.25, 0.3) is 16.3 Å². The van der Waals surface area contributed by atoms with Gasteiger partial charge in [-0.1, -0.05) is 23.5 Å². The Kier molecular flexibility index (Phi) is 5.26. The molecular formula is C21H19FN4O2S. The van der Waals surface area contributed by atoms with Crippen molar-refractivity contribution in [1.82, 2.24) is 14.8 Å². The van der Waals surface area contributed by atoms with Crippen LogP contribution in [0, 0.1) is 5.82 Å². The largest absolute Gasteiger partial charge is 0.375 e. The Bertz CT molecular complexity index is 1090. The molecule has 148 valence electrons. The van der Waals surface area contributed by atoms with Crippen LogP contribution in [0.5, 0.6) is 0 Å². The molecule has 3 aromatic rings. The van der Waals surface area contributed by atoms with E-state index in [-0.39, 0.29) is 17.6 Å². The number of thiazole rings is 1. The molecule has 2 N–H and O–H groups in total. The fraction of sp³-hybridized carbons (Fsp3) is 0.190. The minimum atomic E-state index is -0.313. The predicted octanol–water partition coefficient (Wildman–Crippen LogP) is 3.02. The normalized spacial score (nSPS) is 14.7. The second-order valence-electron chi connectivity index (χ2n) is 6.74. The number of fused-ring (bicyclic) bond motifs is 1. The third-order valence-electron chi connectivity index (χ3n) is 4.82. The molecule has 8 heteroatoms. The lowest BCUT2D eigenvalue weighted by Crippen LogP contribution is -2.50. The molecule has 0 aliphatic carbocycles. The summed E-state index contributed by atoms with van der Waals surface area (Å²) in [5, 5.41) is 0.477. The fourth-order valence-electron chi connectivity index (χ4n) is 3.23. The monoisotopic (exact) mass is 410 g/mol. The topological polar surface area (TPSA) is 79.5 Å². The number of benzene rings is 2. The summed E-state index contributed by atoms with van der Waals surface area (Å²) in [6.07, 6.45) is 3.14. The lowest BCUT2D eigenvalue weighted by atomic mass is 10.1. The first kappa shape index (κ1) is 19.1. The van der Waals surface area contributed by atoms with E-state index in [2.05, 4.69) is 4.98 Å². The molecule has 0 atom stereocenters. The Labute approximate surface area is 171 Å². The predicted molar refractivity (Wildman–Crippen MR) is 112 cm³/mol. The van der Waals surface area contributed by atoms with Crippen molar-refractivity contribution in [3.05, 3.63) is 65.5 Å². The van der Waals surface area contributed by atoms with Crippen molar-refractivity contribution in [1.29, 1.82) is 0 Å². The average molecular weight is 410 g/mol. The van der Waals surface area contributed by atoms with Crippen LogP contribution in [0.3, 0.4) is 0 Å². The molecule has 0 spiro atoms. The standard InChI is InChI=1S/C21H19FN4O2S/c22-16-5-1-14(2-6-16)3-8-19(27)25-9-11-26(12-10-25)20(28)15-4-7-17-18(13-15)29-21(23)24-17/h1-8,13H,9-12H2,(H2,23,24)/b8-3+. The Hall–Kier alpha value is -3.26. The second-order valence-corrected chi connectivity index (χ2v) is 7.80. The molecular weight excluding hydrogens is 391 g/mol. The van der Waals surface area contributed by atoms with Crippen LogP contribution in [-0.4, -0.2) is 52.8 Å². The molecule has 1 saturated heterocycles. The molecule has 2 amide bonds. The number of rotatable bonds is 3. The smallest absolute Gasteiger partial charge is 0.254 e. The van der Waals surface area contributed by atoms with E-state index in [0.29, 0.717) is 36.9 Å². The van der Waals surface area contributed by atoms with Crippen molar-refractivity contribution in [2.75, 3.05) is 31.9 Å². The summed E-state index contributed by atoms with van der Waals surface area (Å²) >= 11 is 1.35. The molecule has 29 heavy (non-hydrogen) atoms. The van der Waals surface area contributed by atoms with E-state index >= 15 is 0 Å². The van der Waals surface area contributed by atoms with E-state index < -0.39 is 0 Å². The highest BCUT2D eigenvalue weighted by Crippen LogP contribution is 2.25. The van der Waals surface area contributed by atoms with Gasteiger partial charge < -0.3 is 15.5 Å². The Balaban J connectivity index is 1.36. The third-order valence-corrected chi connectivity index (χ3v) is 5.67. The molecule has 0 radical (unpaired) electrons. The number of nitrogen functional groups attached to an aromatic ring is 1. The molecule has 2 aromatic carbocycles. The van der Waals surface area contributed by atoms with Crippen LogP contribution in [0.2, 0.25) is 0 Å². The quantitative estimate of drug-likeness (QED) is 0.673. The first-order valence-corrected chi connectivity index (χ1v) is 9.99. The van der Waals surface area contributed by atoms with E-state index in [1.54, 1.807) is 40.1 Å². The van der Waals surface area contributed by atoms with Crippen LogP contribution >= 0.6 is 11.3 Å².